The van der Waals surface area contributed by atoms with Crippen LogP contribution in [0.1, 0.15) is 18.4 Å². The molecule has 0 atom stereocenters. The first-order valence-electron chi connectivity index (χ1n) is 14.3. The Morgan fingerprint density at radius 2 is 0.825 bits per heavy atom. The van der Waals surface area contributed by atoms with Gasteiger partial charge in [-0.3, -0.25) is 0 Å². The highest BCUT2D eigenvalue weighted by atomic mass is 28.3. The average molecular weight is 533 g/mol. The fourth-order valence-electron chi connectivity index (χ4n) is 5.50. The first kappa shape index (κ1) is 26.0. The van der Waals surface area contributed by atoms with E-state index in [1.54, 1.807) is 0 Å². The van der Waals surface area contributed by atoms with Crippen molar-refractivity contribution in [3.05, 3.63) is 143 Å². The third kappa shape index (κ3) is 5.71. The molecule has 5 aromatic rings. The van der Waals surface area contributed by atoms with Gasteiger partial charge in [-0.1, -0.05) is 164 Å². The summed E-state index contributed by atoms with van der Waals surface area (Å²) in [4.78, 5) is 0. The smallest absolute Gasteiger partial charge is 0.0763 e. The average Bonchev–Trinajstić information content (AvgIpc) is 2.98. The van der Waals surface area contributed by atoms with Gasteiger partial charge in [-0.05, 0) is 67.8 Å². The van der Waals surface area contributed by atoms with Crippen molar-refractivity contribution in [1.82, 2.24) is 0 Å². The number of allylic oxidation sites excluding steroid dienone is 2. The summed E-state index contributed by atoms with van der Waals surface area (Å²) in [7, 11) is -1.27. The largest absolute Gasteiger partial charge is 0.0775 e. The molecule has 0 amide bonds. The van der Waals surface area contributed by atoms with Crippen molar-refractivity contribution in [2.75, 3.05) is 0 Å². The standard InChI is InChI=1S/C39H36Si/c1-40(2,3)39-27-25-38(26-28-39)37-23-21-36(22-24-37)35-19-17-34(18-20-35)33-15-13-32(14-16-33)31-10-6-9-29-7-4-5-8-30(29)11-12-31/h4-5,7-9,11-28H,6,10H2,1-3H3/b29-9-,30-11-,31-12+. The van der Waals surface area contributed by atoms with Gasteiger partial charge < -0.3 is 0 Å². The van der Waals surface area contributed by atoms with E-state index < -0.39 is 8.07 Å². The minimum atomic E-state index is -1.27. The molecule has 1 heteroatoms. The topological polar surface area (TPSA) is 0 Å². The predicted molar refractivity (Wildman–Crippen MR) is 178 cm³/mol. The van der Waals surface area contributed by atoms with Crippen LogP contribution in [-0.2, 0) is 0 Å². The first-order chi connectivity index (χ1) is 19.4. The van der Waals surface area contributed by atoms with Gasteiger partial charge in [0.2, 0.25) is 0 Å². The molecule has 0 nitrogen and oxygen atoms in total. The van der Waals surface area contributed by atoms with E-state index >= 15 is 0 Å². The Morgan fingerprint density at radius 3 is 1.27 bits per heavy atom. The van der Waals surface area contributed by atoms with Crippen molar-refractivity contribution < 1.29 is 0 Å². The van der Waals surface area contributed by atoms with Crippen LogP contribution in [0.25, 0.3) is 51.1 Å². The lowest BCUT2D eigenvalue weighted by Crippen LogP contribution is -2.37. The molecule has 5 aromatic carbocycles. The fourth-order valence-corrected chi connectivity index (χ4v) is 6.66. The summed E-state index contributed by atoms with van der Waals surface area (Å²) in [6.07, 6.45) is 9.02. The van der Waals surface area contributed by atoms with Gasteiger partial charge in [-0.15, -0.1) is 0 Å². The molecule has 40 heavy (non-hydrogen) atoms. The van der Waals surface area contributed by atoms with Gasteiger partial charge in [0.05, 0.1) is 8.07 Å². The molecular formula is C39H36Si. The van der Waals surface area contributed by atoms with Crippen LogP contribution in [0.15, 0.2) is 127 Å². The third-order valence-electron chi connectivity index (χ3n) is 8.01. The summed E-state index contributed by atoms with van der Waals surface area (Å²) in [6.45, 7) is 7.18. The lowest BCUT2D eigenvalue weighted by Gasteiger charge is -2.16. The van der Waals surface area contributed by atoms with Crippen molar-refractivity contribution in [3.8, 4) is 33.4 Å². The predicted octanol–water partition coefficient (Wildman–Crippen LogP) is 8.67. The molecule has 0 aromatic heterocycles. The Morgan fingerprint density at radius 1 is 0.425 bits per heavy atom. The van der Waals surface area contributed by atoms with Crippen LogP contribution in [0.2, 0.25) is 19.6 Å². The highest BCUT2D eigenvalue weighted by Crippen LogP contribution is 2.29. The van der Waals surface area contributed by atoms with Crippen LogP contribution < -0.4 is 15.6 Å². The van der Waals surface area contributed by atoms with Gasteiger partial charge in [0, 0.05) is 0 Å². The molecule has 0 saturated heterocycles. The molecule has 0 N–H and O–H groups in total. The SMILES string of the molecule is C[Si](C)(C)c1ccc(-c2ccc(-c3ccc(-c4ccc(/C5=C/C=c6/cccc/c6=C/CC5)cc4)cc3)cc2)cc1. The Kier molecular flexibility index (Phi) is 7.24. The molecule has 0 fully saturated rings. The zero-order chi connectivity index (χ0) is 27.5. The number of benzene rings is 5. The molecule has 0 radical (unpaired) electrons. The van der Waals surface area contributed by atoms with E-state index in [0.717, 1.165) is 12.8 Å². The Bertz CT molecular complexity index is 1760. The van der Waals surface area contributed by atoms with Crippen LogP contribution in [0.4, 0.5) is 0 Å². The Balaban J connectivity index is 1.17. The highest BCUT2D eigenvalue weighted by Gasteiger charge is 2.15. The summed E-state index contributed by atoms with van der Waals surface area (Å²) in [5.41, 5.74) is 10.2. The summed E-state index contributed by atoms with van der Waals surface area (Å²) >= 11 is 0. The van der Waals surface area contributed by atoms with Crippen molar-refractivity contribution in [3.63, 3.8) is 0 Å². The third-order valence-corrected chi connectivity index (χ3v) is 10.1. The van der Waals surface area contributed by atoms with Crippen LogP contribution in [-0.4, -0.2) is 8.07 Å². The van der Waals surface area contributed by atoms with Crippen LogP contribution in [0.5, 0.6) is 0 Å². The van der Waals surface area contributed by atoms with Gasteiger partial charge in [0.1, 0.15) is 0 Å². The van der Waals surface area contributed by atoms with E-state index in [0.29, 0.717) is 0 Å². The minimum Gasteiger partial charge on any atom is -0.0763 e. The summed E-state index contributed by atoms with van der Waals surface area (Å²) in [5, 5.41) is 4.13. The van der Waals surface area contributed by atoms with Crippen LogP contribution in [0, 0.1) is 0 Å². The van der Waals surface area contributed by atoms with E-state index in [-0.39, 0.29) is 0 Å². The Labute approximate surface area is 239 Å². The summed E-state index contributed by atoms with van der Waals surface area (Å²) in [6, 6.07) is 44.7. The normalized spacial score (nSPS) is 16.2. The molecule has 1 aliphatic rings. The molecule has 0 spiro atoms. The molecule has 0 bridgehead atoms. The molecular weight excluding hydrogens is 497 g/mol. The lowest BCUT2D eigenvalue weighted by molar-refractivity contribution is 1.11. The van der Waals surface area contributed by atoms with Crippen molar-refractivity contribution in [1.29, 1.82) is 0 Å². The second kappa shape index (κ2) is 11.1. The molecule has 0 saturated carbocycles. The minimum absolute atomic E-state index is 1.06. The molecule has 1 aliphatic carbocycles. The molecule has 0 heterocycles. The molecule has 196 valence electrons. The number of hydrogen-bond acceptors (Lipinski definition) is 0. The fraction of sp³-hybridized carbons (Fsp3) is 0.128. The van der Waals surface area contributed by atoms with Gasteiger partial charge in [0.15, 0.2) is 0 Å². The van der Waals surface area contributed by atoms with Gasteiger partial charge in [-0.25, -0.2) is 0 Å². The maximum atomic E-state index is 2.39. The van der Waals surface area contributed by atoms with E-state index in [9.17, 15) is 0 Å². The van der Waals surface area contributed by atoms with Crippen molar-refractivity contribution in [2.24, 2.45) is 0 Å². The van der Waals surface area contributed by atoms with E-state index in [1.165, 1.54) is 60.1 Å². The van der Waals surface area contributed by atoms with Gasteiger partial charge in [0.25, 0.3) is 0 Å². The lowest BCUT2D eigenvalue weighted by atomic mass is 9.95. The number of rotatable bonds is 5. The molecule has 0 unspecified atom stereocenters. The maximum absolute atomic E-state index is 2.39. The zero-order valence-corrected chi connectivity index (χ0v) is 24.7. The summed E-state index contributed by atoms with van der Waals surface area (Å²) < 4.78 is 0. The van der Waals surface area contributed by atoms with Gasteiger partial charge >= 0.3 is 0 Å². The summed E-state index contributed by atoms with van der Waals surface area (Å²) in [5.74, 6) is 0. The van der Waals surface area contributed by atoms with Crippen molar-refractivity contribution in [2.45, 2.75) is 32.5 Å². The number of fused-ring (bicyclic) bond motifs is 1. The van der Waals surface area contributed by atoms with Crippen LogP contribution >= 0.6 is 0 Å². The zero-order valence-electron chi connectivity index (χ0n) is 23.7. The van der Waals surface area contributed by atoms with Crippen LogP contribution in [0.3, 0.4) is 0 Å². The maximum Gasteiger partial charge on any atom is 0.0775 e. The second-order valence-corrected chi connectivity index (χ2v) is 16.9. The quantitative estimate of drug-likeness (QED) is 0.199. The van der Waals surface area contributed by atoms with Gasteiger partial charge in [-0.2, -0.15) is 0 Å². The second-order valence-electron chi connectivity index (χ2n) is 11.8. The Hall–Kier alpha value is -4.20. The van der Waals surface area contributed by atoms with E-state index in [2.05, 4.69) is 159 Å². The molecule has 6 rings (SSSR count). The monoisotopic (exact) mass is 532 g/mol. The van der Waals surface area contributed by atoms with Crippen molar-refractivity contribution >= 4 is 31.0 Å². The van der Waals surface area contributed by atoms with E-state index in [1.807, 2.05) is 0 Å². The molecule has 0 aliphatic heterocycles. The number of hydrogen-bond donors (Lipinski definition) is 0. The van der Waals surface area contributed by atoms with E-state index in [4.69, 9.17) is 0 Å². The first-order valence-corrected chi connectivity index (χ1v) is 17.8. The highest BCUT2D eigenvalue weighted by molar-refractivity contribution is 6.88.